The van der Waals surface area contributed by atoms with Gasteiger partial charge in [0.15, 0.2) is 0 Å². The number of piperidine rings is 1. The van der Waals surface area contributed by atoms with E-state index in [2.05, 4.69) is 5.32 Å². The smallest absolute Gasteiger partial charge is 0.410 e. The number of urea groups is 1. The summed E-state index contributed by atoms with van der Waals surface area (Å²) in [5.41, 5.74) is 0.520. The lowest BCUT2D eigenvalue weighted by Gasteiger charge is -2.40. The minimum Gasteiger partial charge on any atom is -0.444 e. The summed E-state index contributed by atoms with van der Waals surface area (Å²) in [6, 6.07) is 4.46. The fourth-order valence-corrected chi connectivity index (χ4v) is 3.25. The Bertz CT molecular complexity index is 679. The van der Waals surface area contributed by atoms with Crippen LogP contribution in [0.2, 0.25) is 0 Å². The van der Waals surface area contributed by atoms with Crippen LogP contribution in [0.3, 0.4) is 0 Å². The summed E-state index contributed by atoms with van der Waals surface area (Å²) in [6.45, 7) is 6.80. The molecule has 0 radical (unpaired) electrons. The van der Waals surface area contributed by atoms with Gasteiger partial charge in [-0.3, -0.25) is 0 Å². The lowest BCUT2D eigenvalue weighted by atomic mass is 10.0. The number of amides is 3. The van der Waals surface area contributed by atoms with Gasteiger partial charge in [0.2, 0.25) is 0 Å². The average Bonchev–Trinajstić information content (AvgIpc) is 2.53. The molecule has 0 unspecified atom stereocenters. The highest BCUT2D eigenvalue weighted by Gasteiger charge is 2.34. The van der Waals surface area contributed by atoms with Crippen molar-refractivity contribution in [2.24, 2.45) is 0 Å². The van der Waals surface area contributed by atoms with Crippen LogP contribution in [0.1, 0.15) is 39.2 Å². The summed E-state index contributed by atoms with van der Waals surface area (Å²) in [4.78, 5) is 27.8. The van der Waals surface area contributed by atoms with Crippen LogP contribution in [0.5, 0.6) is 0 Å². The molecule has 3 amide bonds. The van der Waals surface area contributed by atoms with Crippen LogP contribution in [0.15, 0.2) is 18.2 Å². The van der Waals surface area contributed by atoms with Crippen molar-refractivity contribution in [2.75, 3.05) is 18.4 Å². The van der Waals surface area contributed by atoms with E-state index in [-0.39, 0.29) is 30.5 Å². The van der Waals surface area contributed by atoms with Gasteiger partial charge in [-0.1, -0.05) is 6.07 Å². The highest BCUT2D eigenvalue weighted by Crippen LogP contribution is 2.29. The molecular weight excluding hydrogens is 325 g/mol. The zero-order valence-electron chi connectivity index (χ0n) is 14.8. The van der Waals surface area contributed by atoms with E-state index >= 15 is 0 Å². The first-order valence-corrected chi connectivity index (χ1v) is 8.57. The van der Waals surface area contributed by atoms with E-state index in [1.807, 2.05) is 20.8 Å². The van der Waals surface area contributed by atoms with Gasteiger partial charge in [0, 0.05) is 24.7 Å². The molecule has 0 saturated carbocycles. The molecule has 2 heterocycles. The lowest BCUT2D eigenvalue weighted by molar-refractivity contribution is 0.0162. The Kier molecular flexibility index (Phi) is 4.58. The molecule has 2 aliphatic rings. The van der Waals surface area contributed by atoms with Crippen LogP contribution in [-0.2, 0) is 11.3 Å². The first-order chi connectivity index (χ1) is 11.7. The summed E-state index contributed by atoms with van der Waals surface area (Å²) in [7, 11) is 0. The van der Waals surface area contributed by atoms with Gasteiger partial charge in [0.05, 0.1) is 12.2 Å². The molecule has 1 aromatic rings. The van der Waals surface area contributed by atoms with Crippen molar-refractivity contribution in [1.29, 1.82) is 0 Å². The van der Waals surface area contributed by atoms with E-state index in [4.69, 9.17) is 4.74 Å². The number of fused-ring (bicyclic) bond motifs is 1. The van der Waals surface area contributed by atoms with Crippen molar-refractivity contribution in [3.05, 3.63) is 29.6 Å². The Hall–Kier alpha value is -2.31. The standard InChI is InChI=1S/C18H24FN3O3/c1-18(2,3)25-17(24)21-9-7-12(8-10-21)22-11-13-14(19)5-4-6-15(13)20-16(22)23/h4-6,12H,7-11H2,1-3H3,(H,20,23). The predicted molar refractivity (Wildman–Crippen MR) is 91.8 cm³/mol. The van der Waals surface area contributed by atoms with Gasteiger partial charge in [-0.25, -0.2) is 14.0 Å². The molecule has 1 aromatic carbocycles. The van der Waals surface area contributed by atoms with Crippen LogP contribution in [0, 0.1) is 5.82 Å². The number of benzene rings is 1. The number of nitrogens with zero attached hydrogens (tertiary/aromatic N) is 2. The Balaban J connectivity index is 1.63. The van der Waals surface area contributed by atoms with E-state index in [0.717, 1.165) is 0 Å². The van der Waals surface area contributed by atoms with Crippen molar-refractivity contribution in [3.8, 4) is 0 Å². The Morgan fingerprint density at radius 1 is 1.28 bits per heavy atom. The first-order valence-electron chi connectivity index (χ1n) is 8.57. The molecule has 0 atom stereocenters. The topological polar surface area (TPSA) is 61.9 Å². The molecule has 3 rings (SSSR count). The van der Waals surface area contributed by atoms with E-state index in [9.17, 15) is 14.0 Å². The van der Waals surface area contributed by atoms with Gasteiger partial charge in [-0.05, 0) is 45.7 Å². The molecule has 0 aromatic heterocycles. The first kappa shape index (κ1) is 17.5. The molecule has 1 N–H and O–H groups in total. The average molecular weight is 349 g/mol. The summed E-state index contributed by atoms with van der Waals surface area (Å²) in [5.74, 6) is -0.311. The highest BCUT2D eigenvalue weighted by atomic mass is 19.1. The SMILES string of the molecule is CC(C)(C)OC(=O)N1CCC(N2Cc3c(F)cccc3NC2=O)CC1. The summed E-state index contributed by atoms with van der Waals surface area (Å²) < 4.78 is 19.4. The minimum atomic E-state index is -0.526. The maximum Gasteiger partial charge on any atom is 0.410 e. The van der Waals surface area contributed by atoms with Crippen LogP contribution in [0.25, 0.3) is 0 Å². The Morgan fingerprint density at radius 3 is 2.60 bits per heavy atom. The molecule has 136 valence electrons. The van der Waals surface area contributed by atoms with E-state index in [1.165, 1.54) is 6.07 Å². The number of nitrogens with one attached hydrogen (secondary N) is 1. The number of rotatable bonds is 1. The van der Waals surface area contributed by atoms with Gasteiger partial charge >= 0.3 is 12.1 Å². The quantitative estimate of drug-likeness (QED) is 0.843. The second kappa shape index (κ2) is 6.54. The van der Waals surface area contributed by atoms with Crippen molar-refractivity contribution >= 4 is 17.8 Å². The van der Waals surface area contributed by atoms with Crippen LogP contribution in [-0.4, -0.2) is 46.7 Å². The number of hydrogen-bond donors (Lipinski definition) is 1. The maximum atomic E-state index is 14.0. The minimum absolute atomic E-state index is 0.0218. The molecule has 25 heavy (non-hydrogen) atoms. The maximum absolute atomic E-state index is 14.0. The Labute approximate surface area is 146 Å². The van der Waals surface area contributed by atoms with Gasteiger partial charge in [-0.15, -0.1) is 0 Å². The number of likely N-dealkylation sites (tertiary alicyclic amines) is 1. The number of hydrogen-bond acceptors (Lipinski definition) is 3. The summed E-state index contributed by atoms with van der Waals surface area (Å²) in [5, 5.41) is 2.75. The molecule has 0 spiro atoms. The highest BCUT2D eigenvalue weighted by molar-refractivity contribution is 5.92. The van der Waals surface area contributed by atoms with E-state index < -0.39 is 5.60 Å². The van der Waals surface area contributed by atoms with E-state index in [1.54, 1.807) is 21.9 Å². The third-order valence-corrected chi connectivity index (χ3v) is 4.51. The normalized spacial score (nSPS) is 18.6. The van der Waals surface area contributed by atoms with Crippen LogP contribution in [0.4, 0.5) is 19.7 Å². The largest absolute Gasteiger partial charge is 0.444 e. The molecule has 0 bridgehead atoms. The molecule has 1 fully saturated rings. The molecule has 0 aliphatic carbocycles. The second-order valence-corrected chi connectivity index (χ2v) is 7.52. The van der Waals surface area contributed by atoms with Gasteiger partial charge in [-0.2, -0.15) is 0 Å². The number of anilines is 1. The number of halogens is 1. The predicted octanol–water partition coefficient (Wildman–Crippen LogP) is 3.57. The molecule has 1 saturated heterocycles. The van der Waals surface area contributed by atoms with Crippen molar-refractivity contribution in [1.82, 2.24) is 9.80 Å². The third-order valence-electron chi connectivity index (χ3n) is 4.51. The summed E-state index contributed by atoms with van der Waals surface area (Å²) in [6.07, 6.45) is 0.970. The number of carbonyl (C=O) groups excluding carboxylic acids is 2. The van der Waals surface area contributed by atoms with Gasteiger partial charge in [0.1, 0.15) is 11.4 Å². The van der Waals surface area contributed by atoms with E-state index in [0.29, 0.717) is 37.2 Å². The number of ether oxygens (including phenoxy) is 1. The zero-order chi connectivity index (χ0) is 18.2. The lowest BCUT2D eigenvalue weighted by Crippen LogP contribution is -2.51. The summed E-state index contributed by atoms with van der Waals surface area (Å²) >= 11 is 0. The van der Waals surface area contributed by atoms with Gasteiger partial charge < -0.3 is 19.9 Å². The van der Waals surface area contributed by atoms with Crippen LogP contribution < -0.4 is 5.32 Å². The molecule has 6 nitrogen and oxygen atoms in total. The van der Waals surface area contributed by atoms with Crippen molar-refractivity contribution in [3.63, 3.8) is 0 Å². The molecule has 2 aliphatic heterocycles. The number of carbonyl (C=O) groups is 2. The molecular formula is C18H24FN3O3. The van der Waals surface area contributed by atoms with Crippen molar-refractivity contribution < 1.29 is 18.7 Å². The Morgan fingerprint density at radius 2 is 1.96 bits per heavy atom. The van der Waals surface area contributed by atoms with Crippen molar-refractivity contribution in [2.45, 2.75) is 51.8 Å². The van der Waals surface area contributed by atoms with Crippen LogP contribution >= 0.6 is 0 Å². The monoisotopic (exact) mass is 349 g/mol. The fourth-order valence-electron chi connectivity index (χ4n) is 3.25. The fraction of sp³-hybridized carbons (Fsp3) is 0.556. The third kappa shape index (κ3) is 3.86. The second-order valence-electron chi connectivity index (χ2n) is 7.52. The van der Waals surface area contributed by atoms with Gasteiger partial charge in [0.25, 0.3) is 0 Å². The molecule has 7 heteroatoms. The zero-order valence-corrected chi connectivity index (χ0v) is 14.8.